The molecule has 6 heteroatoms. The van der Waals surface area contributed by atoms with E-state index in [0.717, 1.165) is 29.5 Å². The number of carbonyl (C=O) groups excluding carboxylic acids is 2. The maximum absolute atomic E-state index is 13.4. The highest BCUT2D eigenvalue weighted by Gasteiger charge is 2.27. The van der Waals surface area contributed by atoms with Crippen molar-refractivity contribution in [2.75, 3.05) is 6.61 Å². The molecule has 0 aliphatic rings. The highest BCUT2D eigenvalue weighted by Crippen LogP contribution is 2.33. The Kier molecular flexibility index (Phi) is 19.6. The number of thiophene rings is 1. The number of carbonyl (C=O) groups is 2. The van der Waals surface area contributed by atoms with Crippen LogP contribution in [0.1, 0.15) is 170 Å². The van der Waals surface area contributed by atoms with Crippen LogP contribution in [0.4, 0.5) is 0 Å². The number of aryl methyl sites for hydroxylation is 2. The Morgan fingerprint density at radius 3 is 1.91 bits per heavy atom. The van der Waals surface area contributed by atoms with E-state index < -0.39 is 5.92 Å². The van der Waals surface area contributed by atoms with Gasteiger partial charge in [0.15, 0.2) is 10.8 Å². The average Bonchev–Trinajstić information content (AvgIpc) is 3.49. The van der Waals surface area contributed by atoms with Crippen LogP contribution < -0.4 is 4.74 Å². The van der Waals surface area contributed by atoms with E-state index in [4.69, 9.17) is 21.7 Å². The van der Waals surface area contributed by atoms with Crippen LogP contribution in [0.15, 0.2) is 29.6 Å². The smallest absolute Gasteiger partial charge is 0.306 e. The Morgan fingerprint density at radius 2 is 1.37 bits per heavy atom. The van der Waals surface area contributed by atoms with E-state index in [1.807, 2.05) is 24.4 Å². The van der Waals surface area contributed by atoms with Crippen LogP contribution in [0.2, 0.25) is 0 Å². The van der Waals surface area contributed by atoms with Gasteiger partial charge in [-0.05, 0) is 73.0 Å². The molecule has 4 nitrogen and oxygen atoms in total. The molecule has 0 spiro atoms. The summed E-state index contributed by atoms with van der Waals surface area (Å²) in [6, 6.07) is 8.04. The first kappa shape index (κ1) is 40.1. The molecular weight excluding hydrogens is 609 g/mol. The molecule has 0 bridgehead atoms. The number of unbranched alkanes of at least 4 members (excludes halogenated alkanes) is 15. The average molecular weight is 671 g/mol. The summed E-state index contributed by atoms with van der Waals surface area (Å²) < 4.78 is 11.6. The van der Waals surface area contributed by atoms with Crippen molar-refractivity contribution < 1.29 is 19.1 Å². The van der Waals surface area contributed by atoms with Crippen molar-refractivity contribution >= 4 is 40.4 Å². The molecule has 0 amide bonds. The summed E-state index contributed by atoms with van der Waals surface area (Å²) in [6.45, 7) is 13.0. The molecule has 0 fully saturated rings. The number of ketones is 1. The SMILES string of the molecule is CCCCCCCCCCCCCCCCCCOC(=O)CCc1ccsc1C(=O)C(C)C(=S)Oc1cc(C)ccc1C(C)(C)C. The monoisotopic (exact) mass is 670 g/mol. The molecule has 0 N–H and O–H groups in total. The number of ether oxygens (including phenoxy) is 2. The van der Waals surface area contributed by atoms with Gasteiger partial charge in [0.25, 0.3) is 0 Å². The second-order valence-electron chi connectivity index (χ2n) is 14.1. The molecule has 2 aromatic rings. The number of hydrogen-bond acceptors (Lipinski definition) is 6. The summed E-state index contributed by atoms with van der Waals surface area (Å²) in [4.78, 5) is 26.5. The lowest BCUT2D eigenvalue weighted by molar-refractivity contribution is -0.143. The van der Waals surface area contributed by atoms with Gasteiger partial charge < -0.3 is 9.47 Å². The van der Waals surface area contributed by atoms with Crippen molar-refractivity contribution in [3.8, 4) is 5.75 Å². The number of thiocarbonyl (C=S) groups is 1. The maximum Gasteiger partial charge on any atom is 0.306 e. The molecule has 0 radical (unpaired) electrons. The Labute approximate surface area is 290 Å². The van der Waals surface area contributed by atoms with E-state index in [9.17, 15) is 9.59 Å². The first-order valence-corrected chi connectivity index (χ1v) is 19.4. The van der Waals surface area contributed by atoms with Crippen LogP contribution in [-0.4, -0.2) is 23.4 Å². The molecule has 1 unspecified atom stereocenters. The van der Waals surface area contributed by atoms with Crippen LogP contribution in [-0.2, 0) is 21.4 Å². The molecular formula is C40H62O4S2. The lowest BCUT2D eigenvalue weighted by atomic mass is 9.86. The van der Waals surface area contributed by atoms with Crippen LogP contribution in [0.25, 0.3) is 0 Å². The van der Waals surface area contributed by atoms with Gasteiger partial charge >= 0.3 is 5.97 Å². The van der Waals surface area contributed by atoms with Gasteiger partial charge in [-0.1, -0.05) is 136 Å². The molecule has 2 rings (SSSR count). The van der Waals surface area contributed by atoms with Gasteiger partial charge in [0, 0.05) is 12.0 Å². The fourth-order valence-electron chi connectivity index (χ4n) is 5.73. The predicted octanol–water partition coefficient (Wildman–Crippen LogP) is 12.3. The molecule has 1 aromatic heterocycles. The summed E-state index contributed by atoms with van der Waals surface area (Å²) >= 11 is 7.00. The number of benzene rings is 1. The van der Waals surface area contributed by atoms with E-state index >= 15 is 0 Å². The van der Waals surface area contributed by atoms with Crippen molar-refractivity contribution in [2.24, 2.45) is 5.92 Å². The highest BCUT2D eigenvalue weighted by molar-refractivity contribution is 7.80. The van der Waals surface area contributed by atoms with Gasteiger partial charge in [0.2, 0.25) is 0 Å². The van der Waals surface area contributed by atoms with Gasteiger partial charge in [0.1, 0.15) is 5.75 Å². The molecule has 258 valence electrons. The zero-order valence-electron chi connectivity index (χ0n) is 29.8. The third kappa shape index (κ3) is 15.7. The number of Topliss-reactive ketones (excluding diaryl/α,β-unsaturated/α-hetero) is 1. The van der Waals surface area contributed by atoms with Gasteiger partial charge in [-0.15, -0.1) is 11.3 Å². The van der Waals surface area contributed by atoms with Crippen LogP contribution in [0.3, 0.4) is 0 Å². The Balaban J connectivity index is 1.60. The second kappa shape index (κ2) is 22.5. The third-order valence-electron chi connectivity index (χ3n) is 8.73. The fraction of sp³-hybridized carbons (Fsp3) is 0.675. The normalized spacial score (nSPS) is 12.2. The predicted molar refractivity (Wildman–Crippen MR) is 200 cm³/mol. The summed E-state index contributed by atoms with van der Waals surface area (Å²) in [7, 11) is 0. The van der Waals surface area contributed by atoms with E-state index in [1.165, 1.54) is 101 Å². The van der Waals surface area contributed by atoms with E-state index in [2.05, 4.69) is 39.8 Å². The maximum atomic E-state index is 13.4. The quantitative estimate of drug-likeness (QED) is 0.0481. The standard InChI is InChI=1S/C40H62O4S2/c1-7-8-9-10-11-12-13-14-15-16-17-18-19-20-21-22-28-43-36(41)26-24-33-27-29-46-38(33)37(42)32(3)39(45)44-35-30-31(2)23-25-34(35)40(4,5)6/h23,25,27,29-30,32H,7-22,24,26,28H2,1-6H3. The lowest BCUT2D eigenvalue weighted by Gasteiger charge is -2.24. The number of esters is 1. The minimum absolute atomic E-state index is 0.0681. The summed E-state index contributed by atoms with van der Waals surface area (Å²) in [5.41, 5.74) is 2.88. The Morgan fingerprint density at radius 1 is 0.826 bits per heavy atom. The topological polar surface area (TPSA) is 52.6 Å². The second-order valence-corrected chi connectivity index (χ2v) is 15.4. The minimum atomic E-state index is -0.581. The van der Waals surface area contributed by atoms with E-state index in [0.29, 0.717) is 23.7 Å². The van der Waals surface area contributed by atoms with Crippen LogP contribution in [0, 0.1) is 12.8 Å². The fourth-order valence-corrected chi connectivity index (χ4v) is 6.91. The van der Waals surface area contributed by atoms with E-state index in [1.54, 1.807) is 6.92 Å². The molecule has 0 aliphatic heterocycles. The lowest BCUT2D eigenvalue weighted by Crippen LogP contribution is -2.25. The summed E-state index contributed by atoms with van der Waals surface area (Å²) in [5, 5.41) is 2.16. The molecule has 1 aromatic carbocycles. The molecule has 0 aliphatic carbocycles. The Bertz CT molecular complexity index is 1180. The summed E-state index contributed by atoms with van der Waals surface area (Å²) in [5.74, 6) is -0.147. The van der Waals surface area contributed by atoms with Crippen molar-refractivity contribution in [2.45, 2.75) is 163 Å². The van der Waals surface area contributed by atoms with Gasteiger partial charge in [-0.25, -0.2) is 0 Å². The zero-order chi connectivity index (χ0) is 33.8. The molecule has 1 atom stereocenters. The van der Waals surface area contributed by atoms with Gasteiger partial charge in [0.05, 0.1) is 17.4 Å². The highest BCUT2D eigenvalue weighted by atomic mass is 32.1. The molecule has 0 saturated carbocycles. The van der Waals surface area contributed by atoms with Gasteiger partial charge in [-0.2, -0.15) is 0 Å². The third-order valence-corrected chi connectivity index (χ3v) is 10.1. The minimum Gasteiger partial charge on any atom is -0.466 e. The largest absolute Gasteiger partial charge is 0.466 e. The molecule has 0 saturated heterocycles. The molecule has 1 heterocycles. The zero-order valence-corrected chi connectivity index (χ0v) is 31.5. The van der Waals surface area contributed by atoms with Crippen LogP contribution >= 0.6 is 23.6 Å². The van der Waals surface area contributed by atoms with Gasteiger partial charge in [-0.3, -0.25) is 9.59 Å². The van der Waals surface area contributed by atoms with Crippen LogP contribution in [0.5, 0.6) is 5.75 Å². The van der Waals surface area contributed by atoms with Crippen molar-refractivity contribution in [1.82, 2.24) is 0 Å². The van der Waals surface area contributed by atoms with Crippen molar-refractivity contribution in [3.63, 3.8) is 0 Å². The van der Waals surface area contributed by atoms with Crippen molar-refractivity contribution in [1.29, 1.82) is 0 Å². The first-order valence-electron chi connectivity index (χ1n) is 18.1. The van der Waals surface area contributed by atoms with E-state index in [-0.39, 0.29) is 28.6 Å². The summed E-state index contributed by atoms with van der Waals surface area (Å²) in [6.07, 6.45) is 21.9. The number of rotatable bonds is 24. The van der Waals surface area contributed by atoms with Crippen molar-refractivity contribution in [3.05, 3.63) is 51.2 Å². The first-order chi connectivity index (χ1) is 22.0. The number of hydrogen-bond donors (Lipinski definition) is 0. The molecule has 46 heavy (non-hydrogen) atoms. The Hall–Kier alpha value is -2.05.